The number of ether oxygens (including phenoxy) is 1. The second-order valence-corrected chi connectivity index (χ2v) is 8.22. The molecule has 3 aromatic rings. The predicted octanol–water partition coefficient (Wildman–Crippen LogP) is 7.28. The smallest absolute Gasteiger partial charge is 0.416 e. The van der Waals surface area contributed by atoms with Crippen LogP contribution in [0.5, 0.6) is 5.75 Å². The Labute approximate surface area is 201 Å². The Bertz CT molecular complexity index is 1330. The van der Waals surface area contributed by atoms with Gasteiger partial charge < -0.3 is 9.84 Å². The lowest BCUT2D eigenvalue weighted by molar-refractivity contribution is -0.137. The fourth-order valence-corrected chi connectivity index (χ4v) is 4.14. The maximum Gasteiger partial charge on any atom is 0.416 e. The van der Waals surface area contributed by atoms with Crippen molar-refractivity contribution in [2.24, 2.45) is 0 Å². The topological polar surface area (TPSA) is 59.4 Å². The molecule has 0 spiro atoms. The summed E-state index contributed by atoms with van der Waals surface area (Å²) in [4.78, 5) is 15.5. The molecule has 0 amide bonds. The summed E-state index contributed by atoms with van der Waals surface area (Å²) >= 11 is 0. The van der Waals surface area contributed by atoms with Crippen LogP contribution in [0.4, 0.5) is 26.3 Å². The Balaban J connectivity index is 1.83. The van der Waals surface area contributed by atoms with Gasteiger partial charge in [0.2, 0.25) is 0 Å². The van der Waals surface area contributed by atoms with Crippen molar-refractivity contribution in [3.8, 4) is 5.75 Å². The van der Waals surface area contributed by atoms with Crippen molar-refractivity contribution < 1.29 is 41.0 Å². The monoisotopic (exact) mass is 507 g/mol. The molecule has 0 unspecified atom stereocenters. The van der Waals surface area contributed by atoms with Gasteiger partial charge >= 0.3 is 12.1 Å². The molecule has 1 heterocycles. The second kappa shape index (κ2) is 10.0. The van der Waals surface area contributed by atoms with Gasteiger partial charge in [-0.25, -0.2) is 22.9 Å². The predicted molar refractivity (Wildman–Crippen MR) is 119 cm³/mol. The minimum Gasteiger partial charge on any atom is -0.488 e. The summed E-state index contributed by atoms with van der Waals surface area (Å²) in [6, 6.07) is 8.10. The first-order valence-corrected chi connectivity index (χ1v) is 10.9. The molecular weight excluding hydrogens is 488 g/mol. The van der Waals surface area contributed by atoms with Gasteiger partial charge in [0.05, 0.1) is 16.8 Å². The van der Waals surface area contributed by atoms with Gasteiger partial charge in [0.15, 0.2) is 0 Å². The van der Waals surface area contributed by atoms with Crippen LogP contribution in [0.25, 0.3) is 11.1 Å². The average Bonchev–Trinajstić information content (AvgIpc) is 2.83. The Morgan fingerprint density at radius 3 is 2.25 bits per heavy atom. The number of nitrogens with zero attached hydrogens (tertiary/aromatic N) is 1. The van der Waals surface area contributed by atoms with Gasteiger partial charge in [-0.3, -0.25) is 0 Å². The number of halogens is 6. The molecule has 0 fully saturated rings. The zero-order chi connectivity index (χ0) is 26.0. The van der Waals surface area contributed by atoms with E-state index in [9.17, 15) is 36.2 Å². The first-order chi connectivity index (χ1) is 17.0. The van der Waals surface area contributed by atoms with Crippen molar-refractivity contribution in [3.63, 3.8) is 0 Å². The molecule has 1 N–H and O–H groups in total. The van der Waals surface area contributed by atoms with Gasteiger partial charge in [-0.05, 0) is 67.2 Å². The second-order valence-electron chi connectivity index (χ2n) is 8.22. The Morgan fingerprint density at radius 1 is 0.944 bits per heavy atom. The number of carboxylic acid groups (broad SMARTS) is 1. The highest BCUT2D eigenvalue weighted by Gasteiger charge is 2.32. The summed E-state index contributed by atoms with van der Waals surface area (Å²) in [5.74, 6) is -4.80. The molecule has 0 saturated carbocycles. The molecule has 1 aliphatic rings. The summed E-state index contributed by atoms with van der Waals surface area (Å²) in [7, 11) is 0. The third-order valence-corrected chi connectivity index (χ3v) is 5.86. The molecular formula is C26H19F6NO3. The zero-order valence-corrected chi connectivity index (χ0v) is 18.6. The molecule has 0 saturated heterocycles. The number of alkyl halides is 3. The van der Waals surface area contributed by atoms with Gasteiger partial charge in [-0.15, -0.1) is 0 Å². The molecule has 188 valence electrons. The molecule has 1 aliphatic carbocycles. The van der Waals surface area contributed by atoms with Gasteiger partial charge in [-0.2, -0.15) is 13.2 Å². The number of aromatic nitrogens is 1. The molecule has 10 heteroatoms. The third-order valence-electron chi connectivity index (χ3n) is 5.86. The number of aromatic carboxylic acids is 1. The van der Waals surface area contributed by atoms with Crippen LogP contribution in [-0.2, 0) is 12.8 Å². The molecule has 0 radical (unpaired) electrons. The van der Waals surface area contributed by atoms with Gasteiger partial charge in [0.25, 0.3) is 0 Å². The average molecular weight is 507 g/mol. The van der Waals surface area contributed by atoms with E-state index < -0.39 is 47.3 Å². The van der Waals surface area contributed by atoms with E-state index in [0.717, 1.165) is 18.2 Å². The number of allylic oxidation sites excluding steroid dienone is 2. The normalized spacial score (nSPS) is 14.2. The van der Waals surface area contributed by atoms with Crippen molar-refractivity contribution in [2.75, 3.05) is 0 Å². The molecule has 0 aliphatic heterocycles. The van der Waals surface area contributed by atoms with Crippen LogP contribution in [-0.4, -0.2) is 16.1 Å². The number of rotatable bonds is 6. The van der Waals surface area contributed by atoms with Crippen molar-refractivity contribution in [1.82, 2.24) is 4.98 Å². The lowest BCUT2D eigenvalue weighted by Gasteiger charge is -2.24. The lowest BCUT2D eigenvalue weighted by atomic mass is 9.84. The van der Waals surface area contributed by atoms with Crippen LogP contribution < -0.4 is 4.74 Å². The highest BCUT2D eigenvalue weighted by Crippen LogP contribution is 2.43. The number of carbonyl (C=O) groups is 1. The van der Waals surface area contributed by atoms with Crippen LogP contribution in [0.2, 0.25) is 0 Å². The Kier molecular flexibility index (Phi) is 7.05. The number of benzene rings is 2. The molecule has 36 heavy (non-hydrogen) atoms. The lowest BCUT2D eigenvalue weighted by Crippen LogP contribution is -2.10. The summed E-state index contributed by atoms with van der Waals surface area (Å²) in [6.45, 7) is -0.689. The molecule has 2 aromatic carbocycles. The number of hydrogen-bond acceptors (Lipinski definition) is 3. The fraction of sp³-hybridized carbons (Fsp3) is 0.231. The highest BCUT2D eigenvalue weighted by atomic mass is 19.4. The van der Waals surface area contributed by atoms with E-state index in [1.54, 1.807) is 6.07 Å². The van der Waals surface area contributed by atoms with E-state index in [1.165, 1.54) is 12.1 Å². The Hall–Kier alpha value is -3.82. The van der Waals surface area contributed by atoms with Crippen LogP contribution in [0.3, 0.4) is 0 Å². The first kappa shape index (κ1) is 25.3. The quantitative estimate of drug-likeness (QED) is 0.356. The molecule has 0 atom stereocenters. The van der Waals surface area contributed by atoms with Crippen LogP contribution >= 0.6 is 0 Å². The summed E-state index contributed by atoms with van der Waals surface area (Å²) in [6.07, 6.45) is -2.53. The van der Waals surface area contributed by atoms with E-state index in [-0.39, 0.29) is 17.0 Å². The number of hydrogen-bond donors (Lipinski definition) is 1. The van der Waals surface area contributed by atoms with Crippen molar-refractivity contribution >= 4 is 17.1 Å². The van der Waals surface area contributed by atoms with E-state index in [4.69, 9.17) is 4.74 Å². The van der Waals surface area contributed by atoms with E-state index >= 15 is 0 Å². The minimum absolute atomic E-state index is 0.0602. The maximum atomic E-state index is 14.1. The number of carboxylic acids is 1. The zero-order valence-electron chi connectivity index (χ0n) is 18.6. The molecule has 4 nitrogen and oxygen atoms in total. The van der Waals surface area contributed by atoms with Gasteiger partial charge in [0.1, 0.15) is 35.5 Å². The van der Waals surface area contributed by atoms with Crippen LogP contribution in [0.15, 0.2) is 48.5 Å². The Morgan fingerprint density at radius 2 is 1.61 bits per heavy atom. The molecule has 4 rings (SSSR count). The largest absolute Gasteiger partial charge is 0.488 e. The standard InChI is InChI=1S/C26H19F6NO3/c27-15-11-20(28)19(21(29)12-15)13-36-24-9-8-14(26(30,31)32)10-18(24)16-4-1-2-5-17(16)22-6-3-7-23(33-22)25(34)35/h3,6-12H,1-2,4-5,13H2,(H,34,35). The molecule has 1 aromatic heterocycles. The van der Waals surface area contributed by atoms with E-state index in [2.05, 4.69) is 4.98 Å². The van der Waals surface area contributed by atoms with Gasteiger partial charge in [0, 0.05) is 17.7 Å². The maximum absolute atomic E-state index is 14.1. The summed E-state index contributed by atoms with van der Waals surface area (Å²) < 4.78 is 87.7. The highest BCUT2D eigenvalue weighted by molar-refractivity contribution is 5.93. The van der Waals surface area contributed by atoms with Crippen molar-refractivity contribution in [3.05, 3.63) is 94.1 Å². The third kappa shape index (κ3) is 5.37. The summed E-state index contributed by atoms with van der Waals surface area (Å²) in [5, 5.41) is 9.29. The van der Waals surface area contributed by atoms with E-state index in [1.807, 2.05) is 0 Å². The SMILES string of the molecule is O=C(O)c1cccc(C2=C(c3cc(C(F)(F)F)ccc3OCc3c(F)cc(F)cc3F)CCCC2)n1. The van der Waals surface area contributed by atoms with Gasteiger partial charge in [-0.1, -0.05) is 6.07 Å². The minimum atomic E-state index is -4.67. The fourth-order valence-electron chi connectivity index (χ4n) is 4.14. The first-order valence-electron chi connectivity index (χ1n) is 10.9. The van der Waals surface area contributed by atoms with Crippen molar-refractivity contribution in [1.29, 1.82) is 0 Å². The number of pyridine rings is 1. The van der Waals surface area contributed by atoms with Crippen LogP contribution in [0, 0.1) is 17.5 Å². The van der Waals surface area contributed by atoms with Crippen molar-refractivity contribution in [2.45, 2.75) is 38.5 Å². The van der Waals surface area contributed by atoms with Crippen LogP contribution in [0.1, 0.15) is 58.6 Å². The molecule has 0 bridgehead atoms. The summed E-state index contributed by atoms with van der Waals surface area (Å²) in [5.41, 5.74) is -0.337. The van der Waals surface area contributed by atoms with E-state index in [0.29, 0.717) is 54.7 Å².